The molecule has 0 unspecified atom stereocenters. The Morgan fingerprint density at radius 1 is 1.07 bits per heavy atom. The van der Waals surface area contributed by atoms with Gasteiger partial charge in [-0.3, -0.25) is 4.79 Å². The zero-order valence-corrected chi connectivity index (χ0v) is 14.7. The summed E-state index contributed by atoms with van der Waals surface area (Å²) in [5.74, 6) is 0.119. The molecule has 4 rings (SSSR count). The molecule has 3 aromatic rings. The molecular formula is C21H19FN4O. The standard InChI is InChI=1S/C21H19FN4O/c22-18-7-5-15(6-8-18)9-11-23-20(27)17-13-24-21(25-14-17)26-12-10-16-3-1-2-4-19(16)26/h1-8,13-14H,9-12H2,(H,23,27). The fourth-order valence-corrected chi connectivity index (χ4v) is 3.20. The first-order valence-electron chi connectivity index (χ1n) is 8.91. The molecule has 0 aliphatic carbocycles. The summed E-state index contributed by atoms with van der Waals surface area (Å²) < 4.78 is 12.9. The molecule has 136 valence electrons. The second kappa shape index (κ2) is 7.53. The van der Waals surface area contributed by atoms with Crippen LogP contribution >= 0.6 is 0 Å². The van der Waals surface area contributed by atoms with Crippen LogP contribution in [0.3, 0.4) is 0 Å². The lowest BCUT2D eigenvalue weighted by Crippen LogP contribution is -2.26. The first kappa shape index (κ1) is 17.1. The van der Waals surface area contributed by atoms with E-state index in [-0.39, 0.29) is 11.7 Å². The van der Waals surface area contributed by atoms with Gasteiger partial charge in [-0.05, 0) is 42.2 Å². The Bertz CT molecular complexity index is 941. The highest BCUT2D eigenvalue weighted by molar-refractivity contribution is 5.93. The molecular weight excluding hydrogens is 343 g/mol. The fraction of sp³-hybridized carbons (Fsp3) is 0.190. The van der Waals surface area contributed by atoms with Gasteiger partial charge < -0.3 is 10.2 Å². The van der Waals surface area contributed by atoms with Gasteiger partial charge in [-0.2, -0.15) is 0 Å². The number of carbonyl (C=O) groups is 1. The zero-order valence-electron chi connectivity index (χ0n) is 14.7. The Morgan fingerprint density at radius 3 is 2.59 bits per heavy atom. The molecule has 1 amide bonds. The first-order valence-corrected chi connectivity index (χ1v) is 8.91. The van der Waals surface area contributed by atoms with Crippen LogP contribution in [0, 0.1) is 5.82 Å². The Morgan fingerprint density at radius 2 is 1.81 bits per heavy atom. The predicted molar refractivity (Wildman–Crippen MR) is 102 cm³/mol. The molecule has 0 spiro atoms. The van der Waals surface area contributed by atoms with Crippen molar-refractivity contribution in [3.8, 4) is 0 Å². The van der Waals surface area contributed by atoms with Gasteiger partial charge in [-0.15, -0.1) is 0 Å². The van der Waals surface area contributed by atoms with Crippen molar-refractivity contribution in [1.82, 2.24) is 15.3 Å². The van der Waals surface area contributed by atoms with E-state index in [0.717, 1.165) is 24.2 Å². The van der Waals surface area contributed by atoms with Crippen LogP contribution in [0.25, 0.3) is 0 Å². The van der Waals surface area contributed by atoms with Crippen LogP contribution in [0.5, 0.6) is 0 Å². The van der Waals surface area contributed by atoms with Crippen molar-refractivity contribution in [2.24, 2.45) is 0 Å². The summed E-state index contributed by atoms with van der Waals surface area (Å²) in [6.07, 6.45) is 4.70. The molecule has 0 saturated heterocycles. The van der Waals surface area contributed by atoms with Crippen molar-refractivity contribution in [2.75, 3.05) is 18.0 Å². The average molecular weight is 362 g/mol. The minimum absolute atomic E-state index is 0.217. The van der Waals surface area contributed by atoms with Gasteiger partial charge in [0, 0.05) is 31.2 Å². The highest BCUT2D eigenvalue weighted by Crippen LogP contribution is 2.31. The lowest BCUT2D eigenvalue weighted by Gasteiger charge is -2.16. The van der Waals surface area contributed by atoms with Crippen LogP contribution in [0.4, 0.5) is 16.0 Å². The predicted octanol–water partition coefficient (Wildman–Crippen LogP) is 3.28. The highest BCUT2D eigenvalue weighted by Gasteiger charge is 2.21. The van der Waals surface area contributed by atoms with Gasteiger partial charge in [0.05, 0.1) is 5.56 Å². The van der Waals surface area contributed by atoms with Gasteiger partial charge in [0.1, 0.15) is 5.82 Å². The number of nitrogens with one attached hydrogen (secondary N) is 1. The van der Waals surface area contributed by atoms with Crippen molar-refractivity contribution < 1.29 is 9.18 Å². The Labute approximate surface area is 156 Å². The fourth-order valence-electron chi connectivity index (χ4n) is 3.20. The first-order chi connectivity index (χ1) is 13.2. The van der Waals surface area contributed by atoms with E-state index in [1.54, 1.807) is 24.5 Å². The van der Waals surface area contributed by atoms with E-state index in [0.29, 0.717) is 24.5 Å². The number of halogens is 1. The number of benzene rings is 2. The number of amides is 1. The summed E-state index contributed by atoms with van der Waals surface area (Å²) in [5.41, 5.74) is 3.79. The van der Waals surface area contributed by atoms with E-state index >= 15 is 0 Å². The molecule has 1 aliphatic rings. The smallest absolute Gasteiger partial charge is 0.254 e. The van der Waals surface area contributed by atoms with E-state index in [9.17, 15) is 9.18 Å². The Balaban J connectivity index is 1.36. The maximum Gasteiger partial charge on any atom is 0.254 e. The summed E-state index contributed by atoms with van der Waals surface area (Å²) >= 11 is 0. The van der Waals surface area contributed by atoms with Crippen molar-refractivity contribution in [1.29, 1.82) is 0 Å². The third-order valence-electron chi connectivity index (χ3n) is 4.64. The van der Waals surface area contributed by atoms with Crippen LogP contribution in [-0.2, 0) is 12.8 Å². The topological polar surface area (TPSA) is 58.1 Å². The average Bonchev–Trinajstić information content (AvgIpc) is 3.14. The second-order valence-electron chi connectivity index (χ2n) is 6.43. The van der Waals surface area contributed by atoms with E-state index in [4.69, 9.17) is 0 Å². The third kappa shape index (κ3) is 3.79. The molecule has 5 nitrogen and oxygen atoms in total. The number of hydrogen-bond donors (Lipinski definition) is 1. The van der Waals surface area contributed by atoms with E-state index in [2.05, 4.69) is 32.3 Å². The summed E-state index contributed by atoms with van der Waals surface area (Å²) in [6, 6.07) is 14.5. The van der Waals surface area contributed by atoms with Gasteiger partial charge in [0.2, 0.25) is 5.95 Å². The molecule has 0 radical (unpaired) electrons. The van der Waals surface area contributed by atoms with Crippen LogP contribution < -0.4 is 10.2 Å². The maximum absolute atomic E-state index is 12.9. The monoisotopic (exact) mass is 362 g/mol. The van der Waals surface area contributed by atoms with Gasteiger partial charge in [-0.1, -0.05) is 30.3 Å². The van der Waals surface area contributed by atoms with Gasteiger partial charge in [0.25, 0.3) is 5.91 Å². The minimum atomic E-state index is -0.263. The quantitative estimate of drug-likeness (QED) is 0.757. The number of nitrogens with zero attached hydrogens (tertiary/aromatic N) is 3. The van der Waals surface area contributed by atoms with Gasteiger partial charge in [0.15, 0.2) is 0 Å². The van der Waals surface area contributed by atoms with E-state index in [1.165, 1.54) is 17.7 Å². The molecule has 2 aromatic carbocycles. The second-order valence-corrected chi connectivity index (χ2v) is 6.43. The summed E-state index contributed by atoms with van der Waals surface area (Å²) in [5, 5.41) is 2.84. The molecule has 0 atom stereocenters. The van der Waals surface area contributed by atoms with Crippen LogP contribution in [-0.4, -0.2) is 29.0 Å². The summed E-state index contributed by atoms with van der Waals surface area (Å²) in [4.78, 5) is 23.1. The van der Waals surface area contributed by atoms with Crippen molar-refractivity contribution in [3.63, 3.8) is 0 Å². The Kier molecular flexibility index (Phi) is 4.78. The number of carbonyl (C=O) groups excluding carboxylic acids is 1. The SMILES string of the molecule is O=C(NCCc1ccc(F)cc1)c1cnc(N2CCc3ccccc32)nc1. The van der Waals surface area contributed by atoms with Gasteiger partial charge >= 0.3 is 0 Å². The summed E-state index contributed by atoms with van der Waals surface area (Å²) in [6.45, 7) is 1.30. The molecule has 1 aliphatic heterocycles. The van der Waals surface area contributed by atoms with Crippen LogP contribution in [0.2, 0.25) is 0 Å². The normalized spacial score (nSPS) is 12.7. The lowest BCUT2D eigenvalue weighted by molar-refractivity contribution is 0.0953. The largest absolute Gasteiger partial charge is 0.352 e. The molecule has 0 saturated carbocycles. The van der Waals surface area contributed by atoms with Gasteiger partial charge in [-0.25, -0.2) is 14.4 Å². The van der Waals surface area contributed by atoms with Crippen LogP contribution in [0.15, 0.2) is 60.9 Å². The number of para-hydroxylation sites is 1. The van der Waals surface area contributed by atoms with E-state index < -0.39 is 0 Å². The molecule has 1 aromatic heterocycles. The molecule has 0 bridgehead atoms. The number of rotatable bonds is 5. The molecule has 6 heteroatoms. The number of fused-ring (bicyclic) bond motifs is 1. The lowest BCUT2D eigenvalue weighted by atomic mass is 10.1. The maximum atomic E-state index is 12.9. The minimum Gasteiger partial charge on any atom is -0.352 e. The number of hydrogen-bond acceptors (Lipinski definition) is 4. The summed E-state index contributed by atoms with van der Waals surface area (Å²) in [7, 11) is 0. The number of aromatic nitrogens is 2. The van der Waals surface area contributed by atoms with Crippen molar-refractivity contribution >= 4 is 17.5 Å². The van der Waals surface area contributed by atoms with E-state index in [1.807, 2.05) is 12.1 Å². The number of anilines is 2. The molecule has 2 heterocycles. The molecule has 0 fully saturated rings. The van der Waals surface area contributed by atoms with Crippen molar-refractivity contribution in [2.45, 2.75) is 12.8 Å². The highest BCUT2D eigenvalue weighted by atomic mass is 19.1. The molecule has 1 N–H and O–H groups in total. The third-order valence-corrected chi connectivity index (χ3v) is 4.64. The van der Waals surface area contributed by atoms with Crippen molar-refractivity contribution in [3.05, 3.63) is 83.4 Å². The zero-order chi connectivity index (χ0) is 18.6. The molecule has 27 heavy (non-hydrogen) atoms. The van der Waals surface area contributed by atoms with Crippen LogP contribution in [0.1, 0.15) is 21.5 Å². The Hall–Kier alpha value is -3.28.